The van der Waals surface area contributed by atoms with Crippen LogP contribution in [0.25, 0.3) is 11.1 Å². The predicted molar refractivity (Wildman–Crippen MR) is 128 cm³/mol. The quantitative estimate of drug-likeness (QED) is 0.442. The molecule has 1 saturated heterocycles. The first-order valence-corrected chi connectivity index (χ1v) is 11.4. The molecule has 8 heteroatoms. The van der Waals surface area contributed by atoms with Crippen LogP contribution in [0.5, 0.6) is 0 Å². The summed E-state index contributed by atoms with van der Waals surface area (Å²) < 4.78 is 5.90. The molecule has 0 saturated carbocycles. The molecule has 0 radical (unpaired) electrons. The van der Waals surface area contributed by atoms with E-state index in [0.29, 0.717) is 5.57 Å². The fourth-order valence-corrected chi connectivity index (χ4v) is 5.70. The second-order valence-electron chi connectivity index (χ2n) is 9.44. The van der Waals surface area contributed by atoms with Crippen LogP contribution in [-0.4, -0.2) is 23.3 Å². The zero-order valence-electron chi connectivity index (χ0n) is 19.6. The SMILES string of the molecule is CC1NNC2OC(N)=C(C#N)C(c3cc(CO)cc(-c4cccc(CC(N)=O)c4)c3)(C(C)C)C12. The minimum atomic E-state index is -0.761. The van der Waals surface area contributed by atoms with Gasteiger partial charge in [0, 0.05) is 17.4 Å². The first-order chi connectivity index (χ1) is 16.2. The van der Waals surface area contributed by atoms with Gasteiger partial charge in [0.1, 0.15) is 11.6 Å². The Morgan fingerprint density at radius 3 is 2.59 bits per heavy atom. The average Bonchev–Trinajstić information content (AvgIpc) is 3.17. The van der Waals surface area contributed by atoms with Crippen molar-refractivity contribution >= 4 is 5.91 Å². The number of rotatable bonds is 6. The van der Waals surface area contributed by atoms with Gasteiger partial charge in [-0.05, 0) is 46.7 Å². The summed E-state index contributed by atoms with van der Waals surface area (Å²) in [6.45, 7) is 6.06. The number of allylic oxidation sites excluding steroid dienone is 1. The number of aliphatic hydroxyl groups excluding tert-OH is 1. The van der Waals surface area contributed by atoms with Crippen LogP contribution in [0.3, 0.4) is 0 Å². The second kappa shape index (κ2) is 9.11. The van der Waals surface area contributed by atoms with Crippen molar-refractivity contribution in [2.45, 2.75) is 51.5 Å². The third-order valence-corrected chi connectivity index (χ3v) is 7.07. The van der Waals surface area contributed by atoms with Crippen molar-refractivity contribution in [2.75, 3.05) is 0 Å². The summed E-state index contributed by atoms with van der Waals surface area (Å²) >= 11 is 0. The van der Waals surface area contributed by atoms with Crippen LogP contribution in [0.4, 0.5) is 0 Å². The molecule has 34 heavy (non-hydrogen) atoms. The molecule has 1 amide bonds. The number of amides is 1. The number of carbonyl (C=O) groups excluding carboxylic acids is 1. The smallest absolute Gasteiger partial charge is 0.221 e. The van der Waals surface area contributed by atoms with Gasteiger partial charge >= 0.3 is 0 Å². The van der Waals surface area contributed by atoms with Gasteiger partial charge < -0.3 is 21.3 Å². The third kappa shape index (κ3) is 3.82. The lowest BCUT2D eigenvalue weighted by molar-refractivity contribution is -0.117. The molecule has 4 rings (SSSR count). The van der Waals surface area contributed by atoms with E-state index in [1.54, 1.807) is 0 Å². The minimum Gasteiger partial charge on any atom is -0.458 e. The van der Waals surface area contributed by atoms with Crippen molar-refractivity contribution in [3.8, 4) is 17.2 Å². The number of nitriles is 1. The zero-order chi connectivity index (χ0) is 24.6. The molecule has 2 aromatic rings. The van der Waals surface area contributed by atoms with Gasteiger partial charge in [0.05, 0.1) is 13.0 Å². The summed E-state index contributed by atoms with van der Waals surface area (Å²) in [5.41, 5.74) is 21.9. The highest BCUT2D eigenvalue weighted by atomic mass is 16.5. The first kappa shape index (κ1) is 23.8. The van der Waals surface area contributed by atoms with Gasteiger partial charge in [0.2, 0.25) is 11.8 Å². The Labute approximate surface area is 199 Å². The molecule has 0 aromatic heterocycles. The van der Waals surface area contributed by atoms with Crippen molar-refractivity contribution in [3.63, 3.8) is 0 Å². The number of nitrogens with zero attached hydrogens (tertiary/aromatic N) is 1. The third-order valence-electron chi connectivity index (χ3n) is 7.07. The molecule has 8 nitrogen and oxygen atoms in total. The minimum absolute atomic E-state index is 0.00996. The van der Waals surface area contributed by atoms with Gasteiger partial charge in [-0.15, -0.1) is 0 Å². The molecule has 4 unspecified atom stereocenters. The Morgan fingerprint density at radius 1 is 1.21 bits per heavy atom. The number of benzene rings is 2. The van der Waals surface area contributed by atoms with Crippen molar-refractivity contribution < 1.29 is 14.6 Å². The summed E-state index contributed by atoms with van der Waals surface area (Å²) in [4.78, 5) is 11.4. The molecule has 2 heterocycles. The highest BCUT2D eigenvalue weighted by Crippen LogP contribution is 2.53. The fourth-order valence-electron chi connectivity index (χ4n) is 5.70. The van der Waals surface area contributed by atoms with E-state index in [-0.39, 0.29) is 36.8 Å². The van der Waals surface area contributed by atoms with Gasteiger partial charge in [-0.3, -0.25) is 10.2 Å². The van der Waals surface area contributed by atoms with E-state index in [1.807, 2.05) is 36.4 Å². The van der Waals surface area contributed by atoms with E-state index in [1.165, 1.54) is 0 Å². The number of nitrogens with one attached hydrogen (secondary N) is 2. The second-order valence-corrected chi connectivity index (χ2v) is 9.44. The van der Waals surface area contributed by atoms with E-state index in [2.05, 4.69) is 43.8 Å². The fraction of sp³-hybridized carbons (Fsp3) is 0.385. The van der Waals surface area contributed by atoms with Gasteiger partial charge in [-0.2, -0.15) is 5.26 Å². The zero-order valence-corrected chi connectivity index (χ0v) is 19.6. The first-order valence-electron chi connectivity index (χ1n) is 11.4. The number of aliphatic hydroxyl groups is 1. The van der Waals surface area contributed by atoms with Crippen molar-refractivity contribution in [3.05, 3.63) is 70.6 Å². The summed E-state index contributed by atoms with van der Waals surface area (Å²) in [5.74, 6) is -0.426. The molecule has 0 bridgehead atoms. The molecular weight excluding hydrogens is 430 g/mol. The summed E-state index contributed by atoms with van der Waals surface area (Å²) in [5, 5.41) is 20.4. The molecule has 0 spiro atoms. The number of hydrogen-bond acceptors (Lipinski definition) is 7. The Kier molecular flexibility index (Phi) is 6.36. The molecule has 2 aliphatic heterocycles. The van der Waals surface area contributed by atoms with Crippen LogP contribution < -0.4 is 22.3 Å². The van der Waals surface area contributed by atoms with Crippen molar-refractivity contribution in [1.82, 2.24) is 10.9 Å². The van der Waals surface area contributed by atoms with E-state index in [9.17, 15) is 15.2 Å². The number of ether oxygens (including phenoxy) is 1. The number of hydrogen-bond donors (Lipinski definition) is 5. The Bertz CT molecular complexity index is 1190. The Hall–Kier alpha value is -3.38. The maximum absolute atomic E-state index is 11.4. The lowest BCUT2D eigenvalue weighted by Gasteiger charge is -2.49. The van der Waals surface area contributed by atoms with E-state index >= 15 is 0 Å². The summed E-state index contributed by atoms with van der Waals surface area (Å²) in [6.07, 6.45) is -0.265. The molecular formula is C26H31N5O3. The van der Waals surface area contributed by atoms with Crippen LogP contribution in [-0.2, 0) is 28.0 Å². The number of nitrogens with two attached hydrogens (primary N) is 2. The maximum Gasteiger partial charge on any atom is 0.221 e. The molecule has 0 aliphatic carbocycles. The van der Waals surface area contributed by atoms with Crippen LogP contribution in [0, 0.1) is 23.2 Å². The molecule has 1 fully saturated rings. The van der Waals surface area contributed by atoms with Gasteiger partial charge in [-0.25, -0.2) is 5.43 Å². The predicted octanol–water partition coefficient (Wildman–Crippen LogP) is 1.93. The topological polar surface area (TPSA) is 146 Å². The van der Waals surface area contributed by atoms with E-state index in [4.69, 9.17) is 16.2 Å². The lowest BCUT2D eigenvalue weighted by atomic mass is 9.56. The number of carbonyl (C=O) groups is 1. The van der Waals surface area contributed by atoms with Crippen molar-refractivity contribution in [1.29, 1.82) is 5.26 Å². The molecule has 2 aromatic carbocycles. The normalized spacial score (nSPS) is 26.2. The number of primary amides is 1. The number of hydrazine groups is 1. The van der Waals surface area contributed by atoms with Crippen molar-refractivity contribution in [2.24, 2.45) is 23.3 Å². The van der Waals surface area contributed by atoms with Gasteiger partial charge in [-0.1, -0.05) is 50.2 Å². The molecule has 4 atom stereocenters. The molecule has 2 aliphatic rings. The lowest BCUT2D eigenvalue weighted by Crippen LogP contribution is -2.54. The maximum atomic E-state index is 11.4. The highest BCUT2D eigenvalue weighted by Gasteiger charge is 2.58. The molecule has 7 N–H and O–H groups in total. The average molecular weight is 462 g/mol. The Morgan fingerprint density at radius 2 is 1.94 bits per heavy atom. The Balaban J connectivity index is 1.97. The van der Waals surface area contributed by atoms with Gasteiger partial charge in [0.15, 0.2) is 6.23 Å². The van der Waals surface area contributed by atoms with E-state index in [0.717, 1.165) is 27.8 Å². The largest absolute Gasteiger partial charge is 0.458 e. The monoisotopic (exact) mass is 461 g/mol. The van der Waals surface area contributed by atoms with Gasteiger partial charge in [0.25, 0.3) is 0 Å². The summed E-state index contributed by atoms with van der Waals surface area (Å²) in [7, 11) is 0. The number of fused-ring (bicyclic) bond motifs is 1. The van der Waals surface area contributed by atoms with E-state index < -0.39 is 17.6 Å². The van der Waals surface area contributed by atoms with Crippen LogP contribution in [0.1, 0.15) is 37.5 Å². The highest BCUT2D eigenvalue weighted by molar-refractivity contribution is 5.77. The standard InChI is InChI=1S/C26H31N5O3/c1-14(2)26(21(12-27)24(29)34-25-23(26)15(3)30-31-25)20-9-17(13-32)8-19(11-20)18-6-4-5-16(7-18)10-22(28)33/h4-9,11,14-15,23,25,30-32H,10,13,29H2,1-3H3,(H2,28,33). The summed E-state index contributed by atoms with van der Waals surface area (Å²) in [6, 6.07) is 15.9. The molecule has 178 valence electrons. The van der Waals surface area contributed by atoms with Crippen LogP contribution in [0.15, 0.2) is 53.9 Å². The van der Waals surface area contributed by atoms with Crippen LogP contribution in [0.2, 0.25) is 0 Å². The van der Waals surface area contributed by atoms with Crippen LogP contribution >= 0.6 is 0 Å².